The van der Waals surface area contributed by atoms with Crippen LogP contribution in [0.2, 0.25) is 0 Å². The molecule has 0 aliphatic carbocycles. The zero-order chi connectivity index (χ0) is 15.1. The monoisotopic (exact) mass is 290 g/mol. The molecule has 0 bridgehead atoms. The fourth-order valence-electron chi connectivity index (χ4n) is 2.37. The first-order chi connectivity index (χ1) is 10.2. The Morgan fingerprint density at radius 3 is 2.81 bits per heavy atom. The number of benzene rings is 1. The number of amides is 2. The van der Waals surface area contributed by atoms with Crippen molar-refractivity contribution < 1.29 is 14.3 Å². The van der Waals surface area contributed by atoms with Crippen LogP contribution in [0.3, 0.4) is 0 Å². The number of carbonyl (C=O) groups excluding carboxylic acids is 2. The second-order valence-corrected chi connectivity index (χ2v) is 5.13. The van der Waals surface area contributed by atoms with E-state index < -0.39 is 11.8 Å². The van der Waals surface area contributed by atoms with Crippen LogP contribution in [0, 0.1) is 0 Å². The van der Waals surface area contributed by atoms with E-state index in [0.717, 1.165) is 24.8 Å². The van der Waals surface area contributed by atoms with Crippen LogP contribution >= 0.6 is 0 Å². The summed E-state index contributed by atoms with van der Waals surface area (Å²) in [4.78, 5) is 23.3. The van der Waals surface area contributed by atoms with Gasteiger partial charge in [0.25, 0.3) is 0 Å². The first kappa shape index (κ1) is 15.5. The van der Waals surface area contributed by atoms with Gasteiger partial charge in [-0.25, -0.2) is 0 Å². The zero-order valence-electron chi connectivity index (χ0n) is 12.4. The van der Waals surface area contributed by atoms with Crippen LogP contribution in [0.5, 0.6) is 0 Å². The highest BCUT2D eigenvalue weighted by molar-refractivity contribution is 6.35. The van der Waals surface area contributed by atoms with Crippen LogP contribution in [0.15, 0.2) is 24.3 Å². The summed E-state index contributed by atoms with van der Waals surface area (Å²) in [5.74, 6) is -1.18. The molecular formula is C16H22N2O3. The number of unbranched alkanes of at least 4 members (excludes halogenated alkanes) is 1. The molecule has 2 rings (SSSR count). The van der Waals surface area contributed by atoms with Gasteiger partial charge < -0.3 is 15.4 Å². The summed E-state index contributed by atoms with van der Waals surface area (Å²) in [5.41, 5.74) is 2.34. The lowest BCUT2D eigenvalue weighted by molar-refractivity contribution is -0.139. The third-order valence-corrected chi connectivity index (χ3v) is 3.56. The molecule has 0 saturated heterocycles. The molecule has 2 amide bonds. The van der Waals surface area contributed by atoms with Crippen molar-refractivity contribution >= 4 is 11.8 Å². The molecule has 1 aromatic carbocycles. The largest absolute Gasteiger partial charge is 0.371 e. The second kappa shape index (κ2) is 7.78. The van der Waals surface area contributed by atoms with Crippen molar-refractivity contribution in [3.8, 4) is 0 Å². The van der Waals surface area contributed by atoms with E-state index in [0.29, 0.717) is 19.7 Å². The normalized spacial score (nSPS) is 16.9. The predicted octanol–water partition coefficient (Wildman–Crippen LogP) is 1.33. The highest BCUT2D eigenvalue weighted by Gasteiger charge is 2.22. The molecule has 0 spiro atoms. The Morgan fingerprint density at radius 2 is 2.00 bits per heavy atom. The summed E-state index contributed by atoms with van der Waals surface area (Å²) >= 11 is 0. The standard InChI is InChI=1S/C16H22N2O3/c1-2-3-9-17-15(19)16(20)18-11-14-13-7-5-4-6-12(13)8-10-21-14/h4-7,14H,2-3,8-11H2,1H3,(H,17,19)(H,18,20). The maximum Gasteiger partial charge on any atom is 0.309 e. The summed E-state index contributed by atoms with van der Waals surface area (Å²) in [6.07, 6.45) is 2.56. The smallest absolute Gasteiger partial charge is 0.309 e. The Morgan fingerprint density at radius 1 is 1.24 bits per heavy atom. The van der Waals surface area contributed by atoms with Gasteiger partial charge in [-0.1, -0.05) is 37.6 Å². The Balaban J connectivity index is 1.83. The maximum absolute atomic E-state index is 11.7. The number of carbonyl (C=O) groups is 2. The number of hydrogen-bond acceptors (Lipinski definition) is 3. The van der Waals surface area contributed by atoms with Crippen molar-refractivity contribution in [1.82, 2.24) is 10.6 Å². The van der Waals surface area contributed by atoms with Gasteiger partial charge in [-0.3, -0.25) is 9.59 Å². The van der Waals surface area contributed by atoms with E-state index in [1.807, 2.05) is 25.1 Å². The summed E-state index contributed by atoms with van der Waals surface area (Å²) in [5, 5.41) is 5.24. The van der Waals surface area contributed by atoms with Crippen LogP contribution in [0.4, 0.5) is 0 Å². The van der Waals surface area contributed by atoms with Gasteiger partial charge in [0.15, 0.2) is 0 Å². The lowest BCUT2D eigenvalue weighted by atomic mass is 9.97. The van der Waals surface area contributed by atoms with Crippen molar-refractivity contribution in [2.24, 2.45) is 0 Å². The molecule has 2 N–H and O–H groups in total. The minimum Gasteiger partial charge on any atom is -0.371 e. The Kier molecular flexibility index (Phi) is 5.75. The third-order valence-electron chi connectivity index (χ3n) is 3.56. The Bertz CT molecular complexity index is 502. The van der Waals surface area contributed by atoms with Crippen LogP contribution < -0.4 is 10.6 Å². The lowest BCUT2D eigenvalue weighted by Gasteiger charge is -2.26. The third kappa shape index (κ3) is 4.29. The van der Waals surface area contributed by atoms with Gasteiger partial charge in [0.2, 0.25) is 0 Å². The van der Waals surface area contributed by atoms with Gasteiger partial charge in [0.1, 0.15) is 6.10 Å². The van der Waals surface area contributed by atoms with E-state index in [9.17, 15) is 9.59 Å². The van der Waals surface area contributed by atoms with Crippen LogP contribution in [0.1, 0.15) is 37.0 Å². The number of hydrogen-bond donors (Lipinski definition) is 2. The fraction of sp³-hybridized carbons (Fsp3) is 0.500. The zero-order valence-corrected chi connectivity index (χ0v) is 12.4. The summed E-state index contributed by atoms with van der Waals surface area (Å²) < 4.78 is 5.69. The average molecular weight is 290 g/mol. The van der Waals surface area contributed by atoms with Crippen LogP contribution in [-0.4, -0.2) is 31.5 Å². The van der Waals surface area contributed by atoms with Crippen LogP contribution in [0.25, 0.3) is 0 Å². The molecule has 5 nitrogen and oxygen atoms in total. The fourth-order valence-corrected chi connectivity index (χ4v) is 2.37. The lowest BCUT2D eigenvalue weighted by Crippen LogP contribution is -2.42. The quantitative estimate of drug-likeness (QED) is 0.635. The topological polar surface area (TPSA) is 67.4 Å². The van der Waals surface area contributed by atoms with Gasteiger partial charge in [-0.15, -0.1) is 0 Å². The highest BCUT2D eigenvalue weighted by atomic mass is 16.5. The van der Waals surface area contributed by atoms with Crippen molar-refractivity contribution in [3.63, 3.8) is 0 Å². The van der Waals surface area contributed by atoms with Gasteiger partial charge in [0, 0.05) is 13.1 Å². The molecular weight excluding hydrogens is 268 g/mol. The van der Waals surface area contributed by atoms with E-state index in [1.54, 1.807) is 0 Å². The van der Waals surface area contributed by atoms with Gasteiger partial charge >= 0.3 is 11.8 Å². The van der Waals surface area contributed by atoms with Crippen LogP contribution in [-0.2, 0) is 20.7 Å². The summed E-state index contributed by atoms with van der Waals surface area (Å²) in [6.45, 7) is 3.52. The van der Waals surface area contributed by atoms with Crippen molar-refractivity contribution in [3.05, 3.63) is 35.4 Å². The van der Waals surface area contributed by atoms with Gasteiger partial charge in [-0.05, 0) is 24.0 Å². The number of nitrogens with one attached hydrogen (secondary N) is 2. The molecule has 1 atom stereocenters. The second-order valence-electron chi connectivity index (χ2n) is 5.13. The number of ether oxygens (including phenoxy) is 1. The summed E-state index contributed by atoms with van der Waals surface area (Å²) in [7, 11) is 0. The molecule has 5 heteroatoms. The molecule has 1 aromatic rings. The Hall–Kier alpha value is -1.88. The van der Waals surface area contributed by atoms with E-state index >= 15 is 0 Å². The molecule has 1 unspecified atom stereocenters. The van der Waals surface area contributed by atoms with E-state index in [4.69, 9.17) is 4.74 Å². The van der Waals surface area contributed by atoms with Crippen molar-refractivity contribution in [2.45, 2.75) is 32.3 Å². The minimum absolute atomic E-state index is 0.178. The van der Waals surface area contributed by atoms with Crippen molar-refractivity contribution in [1.29, 1.82) is 0 Å². The number of fused-ring (bicyclic) bond motifs is 1. The molecule has 114 valence electrons. The van der Waals surface area contributed by atoms with Gasteiger partial charge in [-0.2, -0.15) is 0 Å². The molecule has 0 aromatic heterocycles. The minimum atomic E-state index is -0.599. The van der Waals surface area contributed by atoms with Crippen molar-refractivity contribution in [2.75, 3.05) is 19.7 Å². The van der Waals surface area contributed by atoms with Gasteiger partial charge in [0.05, 0.1) is 6.61 Å². The highest BCUT2D eigenvalue weighted by Crippen LogP contribution is 2.26. The molecule has 1 aliphatic heterocycles. The van der Waals surface area contributed by atoms with E-state index in [-0.39, 0.29) is 6.10 Å². The SMILES string of the molecule is CCCCNC(=O)C(=O)NCC1OCCc2ccccc21. The average Bonchev–Trinajstić information content (AvgIpc) is 2.52. The molecule has 0 saturated carbocycles. The number of rotatable bonds is 5. The van der Waals surface area contributed by atoms with E-state index in [2.05, 4.69) is 16.7 Å². The molecule has 0 fully saturated rings. The predicted molar refractivity (Wildman–Crippen MR) is 79.8 cm³/mol. The Labute approximate surface area is 125 Å². The molecule has 0 radical (unpaired) electrons. The molecule has 1 aliphatic rings. The van der Waals surface area contributed by atoms with E-state index in [1.165, 1.54) is 5.56 Å². The maximum atomic E-state index is 11.7. The molecule has 21 heavy (non-hydrogen) atoms. The summed E-state index contributed by atoms with van der Waals surface area (Å²) in [6, 6.07) is 8.04. The first-order valence-corrected chi connectivity index (χ1v) is 7.47. The first-order valence-electron chi connectivity index (χ1n) is 7.47. The molecule has 1 heterocycles.